The third-order valence-electron chi connectivity index (χ3n) is 4.76. The van der Waals surface area contributed by atoms with Gasteiger partial charge in [0.2, 0.25) is 5.75 Å². The summed E-state index contributed by atoms with van der Waals surface area (Å²) in [6.45, 7) is 0. The normalized spacial score (nSPS) is 15.1. The molecule has 1 fully saturated rings. The van der Waals surface area contributed by atoms with Crippen molar-refractivity contribution in [1.82, 2.24) is 5.32 Å². The Labute approximate surface area is 206 Å². The summed E-state index contributed by atoms with van der Waals surface area (Å²) in [6, 6.07) is 13.2. The van der Waals surface area contributed by atoms with Crippen LogP contribution in [0.2, 0.25) is 0 Å². The van der Waals surface area contributed by atoms with Crippen LogP contribution >= 0.6 is 11.8 Å². The van der Waals surface area contributed by atoms with E-state index in [2.05, 4.69) is 10.3 Å². The monoisotopic (exact) mass is 510 g/mol. The number of benzene rings is 3. The molecule has 0 spiro atoms. The van der Waals surface area contributed by atoms with Gasteiger partial charge in [-0.3, -0.25) is 25.0 Å². The largest absolute Gasteiger partial charge is 0.493 e. The predicted molar refractivity (Wildman–Crippen MR) is 130 cm³/mol. The highest BCUT2D eigenvalue weighted by atomic mass is 32.2. The maximum atomic E-state index is 13.1. The lowest BCUT2D eigenvalue weighted by molar-refractivity contribution is -0.394. The first kappa shape index (κ1) is 24.3. The van der Waals surface area contributed by atoms with Crippen LogP contribution in [0.1, 0.15) is 5.56 Å². The van der Waals surface area contributed by atoms with Crippen LogP contribution in [-0.4, -0.2) is 28.0 Å². The van der Waals surface area contributed by atoms with E-state index in [0.717, 1.165) is 30.0 Å². The van der Waals surface area contributed by atoms with E-state index in [1.807, 2.05) is 0 Å². The number of nitrogens with one attached hydrogen (secondary N) is 1. The number of hydrogen-bond acceptors (Lipinski definition) is 9. The molecule has 0 saturated carbocycles. The summed E-state index contributed by atoms with van der Waals surface area (Å²) in [5.41, 5.74) is 0.0177. The molecule has 0 unspecified atom stereocenters. The number of rotatable bonds is 7. The Kier molecular flexibility index (Phi) is 6.92. The minimum Gasteiger partial charge on any atom is -0.493 e. The molecule has 1 aliphatic rings. The summed E-state index contributed by atoms with van der Waals surface area (Å²) >= 11 is 1.10. The number of nitrogens with zero attached hydrogens (tertiary/aromatic N) is 3. The summed E-state index contributed by atoms with van der Waals surface area (Å²) in [5, 5.41) is 25.3. The van der Waals surface area contributed by atoms with E-state index in [4.69, 9.17) is 9.47 Å². The molecule has 3 aromatic rings. The van der Waals surface area contributed by atoms with Crippen molar-refractivity contribution in [2.75, 3.05) is 7.11 Å². The Hall–Kier alpha value is -4.78. The highest BCUT2D eigenvalue weighted by Gasteiger charge is 2.25. The molecular formula is C23H15FN4O7S. The van der Waals surface area contributed by atoms with Crippen LogP contribution in [0, 0.1) is 26.0 Å². The molecular weight excluding hydrogens is 495 g/mol. The van der Waals surface area contributed by atoms with Gasteiger partial charge in [0.05, 0.1) is 33.6 Å². The van der Waals surface area contributed by atoms with Crippen molar-refractivity contribution in [1.29, 1.82) is 0 Å². The molecule has 1 saturated heterocycles. The zero-order chi connectivity index (χ0) is 25.8. The van der Waals surface area contributed by atoms with E-state index in [1.165, 1.54) is 37.4 Å². The molecule has 182 valence electrons. The van der Waals surface area contributed by atoms with Gasteiger partial charge in [0.25, 0.3) is 11.6 Å². The number of hydrogen-bond donors (Lipinski definition) is 1. The summed E-state index contributed by atoms with van der Waals surface area (Å²) in [6.07, 6.45) is 1.59. The van der Waals surface area contributed by atoms with Gasteiger partial charge in [-0.1, -0.05) is 6.07 Å². The quantitative estimate of drug-likeness (QED) is 0.255. The van der Waals surface area contributed by atoms with E-state index < -0.39 is 27.0 Å². The van der Waals surface area contributed by atoms with Crippen LogP contribution in [0.3, 0.4) is 0 Å². The first-order valence-electron chi connectivity index (χ1n) is 10.1. The third-order valence-corrected chi connectivity index (χ3v) is 5.67. The summed E-state index contributed by atoms with van der Waals surface area (Å²) in [4.78, 5) is 37.8. The highest BCUT2D eigenvalue weighted by molar-refractivity contribution is 8.18. The Morgan fingerprint density at radius 2 is 1.69 bits per heavy atom. The van der Waals surface area contributed by atoms with Crippen molar-refractivity contribution < 1.29 is 28.5 Å². The number of carbonyl (C=O) groups excluding carboxylic acids is 1. The molecule has 11 nitrogen and oxygen atoms in total. The lowest BCUT2D eigenvalue weighted by Crippen LogP contribution is -2.19. The lowest BCUT2D eigenvalue weighted by atomic mass is 10.2. The van der Waals surface area contributed by atoms with Crippen molar-refractivity contribution >= 4 is 46.0 Å². The van der Waals surface area contributed by atoms with E-state index in [1.54, 1.807) is 18.2 Å². The molecule has 3 aromatic carbocycles. The molecule has 0 aromatic heterocycles. The minimum atomic E-state index is -0.783. The Morgan fingerprint density at radius 3 is 2.36 bits per heavy atom. The van der Waals surface area contributed by atoms with Gasteiger partial charge in [-0.2, -0.15) is 0 Å². The number of amidine groups is 1. The molecule has 36 heavy (non-hydrogen) atoms. The molecule has 0 atom stereocenters. The van der Waals surface area contributed by atoms with Crippen LogP contribution in [-0.2, 0) is 4.79 Å². The van der Waals surface area contributed by atoms with Crippen molar-refractivity contribution in [3.63, 3.8) is 0 Å². The highest BCUT2D eigenvalue weighted by Crippen LogP contribution is 2.39. The molecule has 0 bridgehead atoms. The number of non-ortho nitro benzene ring substituents is 1. The third kappa shape index (κ3) is 5.47. The fraction of sp³-hybridized carbons (Fsp3) is 0.0435. The zero-order valence-electron chi connectivity index (χ0n) is 18.3. The fourth-order valence-electron chi connectivity index (χ4n) is 3.09. The number of thioether (sulfide) groups is 1. The summed E-state index contributed by atoms with van der Waals surface area (Å²) in [5.74, 6) is -0.643. The minimum absolute atomic E-state index is 0.124. The van der Waals surface area contributed by atoms with Gasteiger partial charge >= 0.3 is 5.69 Å². The second kappa shape index (κ2) is 10.2. The van der Waals surface area contributed by atoms with Crippen molar-refractivity contribution in [3.05, 3.63) is 97.2 Å². The van der Waals surface area contributed by atoms with Crippen molar-refractivity contribution in [2.45, 2.75) is 0 Å². The van der Waals surface area contributed by atoms with Crippen molar-refractivity contribution in [3.8, 4) is 17.2 Å². The number of aliphatic imine (C=N–C) groups is 1. The van der Waals surface area contributed by atoms with E-state index in [-0.39, 0.29) is 23.2 Å². The molecule has 1 amide bonds. The van der Waals surface area contributed by atoms with Crippen LogP contribution in [0.15, 0.2) is 70.6 Å². The van der Waals surface area contributed by atoms with E-state index >= 15 is 0 Å². The molecule has 1 heterocycles. The maximum Gasteiger partial charge on any atom is 0.318 e. The van der Waals surface area contributed by atoms with Gasteiger partial charge < -0.3 is 14.8 Å². The van der Waals surface area contributed by atoms with Crippen molar-refractivity contribution in [2.24, 2.45) is 4.99 Å². The smallest absolute Gasteiger partial charge is 0.318 e. The summed E-state index contributed by atoms with van der Waals surface area (Å²) < 4.78 is 24.0. The number of ether oxygens (including phenoxy) is 2. The van der Waals surface area contributed by atoms with Gasteiger partial charge in [0.1, 0.15) is 5.82 Å². The van der Waals surface area contributed by atoms with Gasteiger partial charge in [0, 0.05) is 6.07 Å². The van der Waals surface area contributed by atoms with Gasteiger partial charge in [0.15, 0.2) is 16.7 Å². The SMILES string of the molecule is COc1cc(C=C2SC(=Nc3ccc(F)cc3)NC2=O)ccc1Oc1ccc([N+](=O)[O-])cc1[N+](=O)[O-]. The number of methoxy groups -OCH3 is 1. The van der Waals surface area contributed by atoms with Crippen LogP contribution in [0.5, 0.6) is 17.2 Å². The number of nitro benzene ring substituents is 2. The topological polar surface area (TPSA) is 146 Å². The number of amides is 1. The molecule has 0 aliphatic carbocycles. The number of nitro groups is 2. The standard InChI is InChI=1S/C23H15FN4O7S/c1-34-20-10-13(11-21-22(29)26-23(36-21)25-15-5-3-14(24)4-6-15)2-8-19(20)35-18-9-7-16(27(30)31)12-17(18)28(32)33/h2-12H,1H3,(H,25,26,29). The van der Waals surface area contributed by atoms with Crippen LogP contribution in [0.4, 0.5) is 21.5 Å². The van der Waals surface area contributed by atoms with Gasteiger partial charge in [-0.05, 0) is 65.9 Å². The molecule has 1 N–H and O–H groups in total. The van der Waals surface area contributed by atoms with Gasteiger partial charge in [-0.25, -0.2) is 9.38 Å². The Bertz CT molecular complexity index is 1440. The average Bonchev–Trinajstić information content (AvgIpc) is 3.19. The van der Waals surface area contributed by atoms with Crippen LogP contribution < -0.4 is 14.8 Å². The number of carbonyl (C=O) groups is 1. The lowest BCUT2D eigenvalue weighted by Gasteiger charge is -2.11. The molecule has 0 radical (unpaired) electrons. The van der Waals surface area contributed by atoms with Crippen LogP contribution in [0.25, 0.3) is 6.08 Å². The maximum absolute atomic E-state index is 13.1. The Balaban J connectivity index is 1.57. The molecule has 13 heteroatoms. The second-order valence-corrected chi connectivity index (χ2v) is 8.17. The summed E-state index contributed by atoms with van der Waals surface area (Å²) in [7, 11) is 1.37. The first-order chi connectivity index (χ1) is 17.2. The predicted octanol–water partition coefficient (Wildman–Crippen LogP) is 5.33. The zero-order valence-corrected chi connectivity index (χ0v) is 19.2. The molecule has 4 rings (SSSR count). The average molecular weight is 510 g/mol. The Morgan fingerprint density at radius 1 is 0.972 bits per heavy atom. The second-order valence-electron chi connectivity index (χ2n) is 7.14. The van der Waals surface area contributed by atoms with E-state index in [0.29, 0.717) is 21.3 Å². The fourth-order valence-corrected chi connectivity index (χ4v) is 3.93. The molecule has 1 aliphatic heterocycles. The van der Waals surface area contributed by atoms with Gasteiger partial charge in [-0.15, -0.1) is 0 Å². The number of halogens is 1. The van der Waals surface area contributed by atoms with E-state index in [9.17, 15) is 29.4 Å². The first-order valence-corrected chi connectivity index (χ1v) is 10.9.